The molecule has 0 saturated heterocycles. The second kappa shape index (κ2) is 9.46. The van der Waals surface area contributed by atoms with Crippen molar-refractivity contribution in [1.82, 2.24) is 10.4 Å². The standard InChI is InChI=1S/C24H17ClN4O4/c1-33-18-9-6-15(7-10-18)22-13-20(19-12-17(25)8-11-21(19)27-22)24(30)28-26-14-16-4-2-3-5-23(16)29(31)32/h2-14H,1H3,(H,28,30)/b26-14+. The van der Waals surface area contributed by atoms with E-state index in [0.717, 1.165) is 5.56 Å². The maximum Gasteiger partial charge on any atom is 0.278 e. The van der Waals surface area contributed by atoms with Crippen LogP contribution in [-0.4, -0.2) is 29.1 Å². The molecule has 1 aromatic heterocycles. The maximum absolute atomic E-state index is 13.0. The molecule has 0 aliphatic rings. The highest BCUT2D eigenvalue weighted by atomic mass is 35.5. The van der Waals surface area contributed by atoms with Gasteiger partial charge in [0.1, 0.15) is 5.75 Å². The van der Waals surface area contributed by atoms with Crippen LogP contribution in [0.1, 0.15) is 15.9 Å². The number of aromatic nitrogens is 1. The van der Waals surface area contributed by atoms with Crippen molar-refractivity contribution in [3.05, 3.63) is 99.1 Å². The van der Waals surface area contributed by atoms with Gasteiger partial charge in [0, 0.05) is 22.0 Å². The topological polar surface area (TPSA) is 107 Å². The number of benzene rings is 3. The molecule has 0 fully saturated rings. The summed E-state index contributed by atoms with van der Waals surface area (Å²) < 4.78 is 5.20. The lowest BCUT2D eigenvalue weighted by molar-refractivity contribution is -0.385. The molecule has 0 spiro atoms. The smallest absolute Gasteiger partial charge is 0.278 e. The van der Waals surface area contributed by atoms with Gasteiger partial charge in [-0.3, -0.25) is 14.9 Å². The summed E-state index contributed by atoms with van der Waals surface area (Å²) in [6.45, 7) is 0. The molecule has 0 bridgehead atoms. The zero-order valence-corrected chi connectivity index (χ0v) is 18.1. The minimum atomic E-state index is -0.511. The Kier molecular flexibility index (Phi) is 6.28. The molecule has 0 atom stereocenters. The molecule has 1 heterocycles. The Morgan fingerprint density at radius 1 is 1.12 bits per heavy atom. The van der Waals surface area contributed by atoms with Crippen LogP contribution < -0.4 is 10.2 Å². The van der Waals surface area contributed by atoms with Gasteiger partial charge < -0.3 is 4.74 Å². The Balaban J connectivity index is 1.70. The number of amides is 1. The van der Waals surface area contributed by atoms with Crippen LogP contribution >= 0.6 is 11.6 Å². The first-order valence-electron chi connectivity index (χ1n) is 9.78. The summed E-state index contributed by atoms with van der Waals surface area (Å²) in [7, 11) is 1.58. The normalized spacial score (nSPS) is 11.0. The molecule has 33 heavy (non-hydrogen) atoms. The zero-order chi connectivity index (χ0) is 23.4. The van der Waals surface area contributed by atoms with E-state index >= 15 is 0 Å². The zero-order valence-electron chi connectivity index (χ0n) is 17.4. The van der Waals surface area contributed by atoms with Crippen molar-refractivity contribution in [2.24, 2.45) is 5.10 Å². The molecular weight excluding hydrogens is 444 g/mol. The van der Waals surface area contributed by atoms with Gasteiger partial charge >= 0.3 is 0 Å². The Morgan fingerprint density at radius 2 is 1.88 bits per heavy atom. The predicted octanol–water partition coefficient (Wildman–Crippen LogP) is 5.24. The Morgan fingerprint density at radius 3 is 2.61 bits per heavy atom. The van der Waals surface area contributed by atoms with Gasteiger partial charge in [-0.2, -0.15) is 5.10 Å². The van der Waals surface area contributed by atoms with E-state index in [9.17, 15) is 14.9 Å². The number of ether oxygens (including phenoxy) is 1. The number of nitrogens with zero attached hydrogens (tertiary/aromatic N) is 3. The average molecular weight is 461 g/mol. The Bertz CT molecular complexity index is 1390. The third-order valence-electron chi connectivity index (χ3n) is 4.90. The van der Waals surface area contributed by atoms with Crippen molar-refractivity contribution in [1.29, 1.82) is 0 Å². The van der Waals surface area contributed by atoms with Crippen LogP contribution in [-0.2, 0) is 0 Å². The molecule has 1 N–H and O–H groups in total. The fraction of sp³-hybridized carbons (Fsp3) is 0.0417. The van der Waals surface area contributed by atoms with Gasteiger partial charge in [-0.15, -0.1) is 0 Å². The number of halogens is 1. The molecule has 0 saturated carbocycles. The van der Waals surface area contributed by atoms with Crippen LogP contribution in [0.4, 0.5) is 5.69 Å². The number of rotatable bonds is 6. The molecule has 9 heteroatoms. The second-order valence-corrected chi connectivity index (χ2v) is 7.40. The van der Waals surface area contributed by atoms with Crippen LogP contribution in [0.25, 0.3) is 22.2 Å². The molecule has 3 aromatic carbocycles. The van der Waals surface area contributed by atoms with Gasteiger partial charge in [-0.05, 0) is 54.6 Å². The summed E-state index contributed by atoms with van der Waals surface area (Å²) in [6, 6.07) is 20.1. The number of pyridine rings is 1. The fourth-order valence-corrected chi connectivity index (χ4v) is 3.45. The highest BCUT2D eigenvalue weighted by Gasteiger charge is 2.15. The number of nitro groups is 1. The third kappa shape index (κ3) is 4.81. The average Bonchev–Trinajstić information content (AvgIpc) is 2.83. The summed E-state index contributed by atoms with van der Waals surface area (Å²) in [5.74, 6) is 0.197. The Hall–Kier alpha value is -4.30. The lowest BCUT2D eigenvalue weighted by atomic mass is 10.0. The van der Waals surface area contributed by atoms with Crippen molar-refractivity contribution in [2.75, 3.05) is 7.11 Å². The number of fused-ring (bicyclic) bond motifs is 1. The van der Waals surface area contributed by atoms with Gasteiger partial charge in [0.15, 0.2) is 0 Å². The van der Waals surface area contributed by atoms with Crippen molar-refractivity contribution in [2.45, 2.75) is 0 Å². The van der Waals surface area contributed by atoms with Gasteiger partial charge in [-0.1, -0.05) is 23.7 Å². The summed E-state index contributed by atoms with van der Waals surface area (Å²) in [4.78, 5) is 28.3. The first-order valence-corrected chi connectivity index (χ1v) is 10.2. The van der Waals surface area contributed by atoms with Crippen molar-refractivity contribution in [3.8, 4) is 17.0 Å². The van der Waals surface area contributed by atoms with Crippen molar-refractivity contribution >= 4 is 40.3 Å². The number of nitrogens with one attached hydrogen (secondary N) is 1. The predicted molar refractivity (Wildman–Crippen MR) is 127 cm³/mol. The van der Waals surface area contributed by atoms with E-state index in [4.69, 9.17) is 16.3 Å². The van der Waals surface area contributed by atoms with E-state index in [1.165, 1.54) is 18.3 Å². The first-order chi connectivity index (χ1) is 16.0. The molecule has 1 amide bonds. The lowest BCUT2D eigenvalue weighted by Crippen LogP contribution is -2.18. The van der Waals surface area contributed by atoms with Gasteiger partial charge in [0.05, 0.1) is 40.6 Å². The van der Waals surface area contributed by atoms with Crippen molar-refractivity contribution < 1.29 is 14.5 Å². The minimum absolute atomic E-state index is 0.113. The summed E-state index contributed by atoms with van der Waals surface area (Å²) >= 11 is 6.15. The first kappa shape index (κ1) is 21.9. The highest BCUT2D eigenvalue weighted by molar-refractivity contribution is 6.31. The third-order valence-corrected chi connectivity index (χ3v) is 5.14. The van der Waals surface area contributed by atoms with Crippen LogP contribution in [0.5, 0.6) is 5.75 Å². The number of nitro benzene ring substituents is 1. The Labute approximate surface area is 193 Å². The van der Waals surface area contributed by atoms with E-state index < -0.39 is 10.8 Å². The number of methoxy groups -OCH3 is 1. The minimum Gasteiger partial charge on any atom is -0.497 e. The van der Waals surface area contributed by atoms with Crippen LogP contribution in [0.3, 0.4) is 0 Å². The van der Waals surface area contributed by atoms with E-state index in [1.807, 2.05) is 12.1 Å². The molecule has 0 radical (unpaired) electrons. The van der Waals surface area contributed by atoms with E-state index in [0.29, 0.717) is 32.9 Å². The number of hydrogen-bond donors (Lipinski definition) is 1. The quantitative estimate of drug-likeness (QED) is 0.240. The number of hydrazone groups is 1. The monoisotopic (exact) mass is 460 g/mol. The van der Waals surface area contributed by atoms with Crippen LogP contribution in [0, 0.1) is 10.1 Å². The van der Waals surface area contributed by atoms with E-state index in [2.05, 4.69) is 15.5 Å². The number of carbonyl (C=O) groups is 1. The fourth-order valence-electron chi connectivity index (χ4n) is 3.28. The molecule has 4 aromatic rings. The highest BCUT2D eigenvalue weighted by Crippen LogP contribution is 2.28. The molecule has 0 aliphatic carbocycles. The van der Waals surface area contributed by atoms with Gasteiger partial charge in [0.2, 0.25) is 0 Å². The molecular formula is C24H17ClN4O4. The van der Waals surface area contributed by atoms with Crippen molar-refractivity contribution in [3.63, 3.8) is 0 Å². The number of carbonyl (C=O) groups excluding carboxylic acids is 1. The van der Waals surface area contributed by atoms with Crippen LogP contribution in [0.15, 0.2) is 77.9 Å². The SMILES string of the molecule is COc1ccc(-c2cc(C(=O)N/N=C/c3ccccc3[N+](=O)[O-])c3cc(Cl)ccc3n2)cc1. The molecule has 164 valence electrons. The summed E-state index contributed by atoms with van der Waals surface area (Å²) in [6.07, 6.45) is 1.23. The maximum atomic E-state index is 13.0. The number of para-hydroxylation sites is 1. The largest absolute Gasteiger partial charge is 0.497 e. The van der Waals surface area contributed by atoms with E-state index in [1.54, 1.807) is 55.6 Å². The molecule has 4 rings (SSSR count). The van der Waals surface area contributed by atoms with Crippen LogP contribution in [0.2, 0.25) is 5.02 Å². The molecule has 8 nitrogen and oxygen atoms in total. The van der Waals surface area contributed by atoms with Gasteiger partial charge in [0.25, 0.3) is 11.6 Å². The lowest BCUT2D eigenvalue weighted by Gasteiger charge is -2.10. The molecule has 0 aliphatic heterocycles. The second-order valence-electron chi connectivity index (χ2n) is 6.96. The molecule has 0 unspecified atom stereocenters. The van der Waals surface area contributed by atoms with E-state index in [-0.39, 0.29) is 11.3 Å². The summed E-state index contributed by atoms with van der Waals surface area (Å²) in [5, 5.41) is 16.1. The number of hydrogen-bond acceptors (Lipinski definition) is 6. The van der Waals surface area contributed by atoms with Gasteiger partial charge in [-0.25, -0.2) is 10.4 Å². The summed E-state index contributed by atoms with van der Waals surface area (Å²) in [5.41, 5.74) is 4.87.